The first kappa shape index (κ1) is 23.1. The van der Waals surface area contributed by atoms with Crippen LogP contribution in [0, 0.1) is 0 Å². The summed E-state index contributed by atoms with van der Waals surface area (Å²) < 4.78 is 1.39. The molecule has 0 saturated heterocycles. The number of anilines is 2. The van der Waals surface area contributed by atoms with E-state index >= 15 is 0 Å². The number of fused-ring (bicyclic) bond motifs is 1. The summed E-state index contributed by atoms with van der Waals surface area (Å²) in [6.07, 6.45) is 6.34. The first-order chi connectivity index (χ1) is 16.6. The van der Waals surface area contributed by atoms with Crippen LogP contribution < -0.4 is 16.4 Å². The number of hydrogen-bond acceptors (Lipinski definition) is 6. The number of carbonyl (C=O) groups is 2. The first-order valence-electron chi connectivity index (χ1n) is 11.4. The highest BCUT2D eigenvalue weighted by molar-refractivity contribution is 6.08. The Hall–Kier alpha value is -4.04. The maximum Gasteiger partial charge on any atom is 0.254 e. The maximum absolute atomic E-state index is 12.6. The van der Waals surface area contributed by atoms with Gasteiger partial charge in [0.05, 0.1) is 22.5 Å². The third-order valence-electron chi connectivity index (χ3n) is 5.62. The lowest BCUT2D eigenvalue weighted by Crippen LogP contribution is -2.19. The van der Waals surface area contributed by atoms with Gasteiger partial charge in [0.1, 0.15) is 0 Å². The van der Waals surface area contributed by atoms with Gasteiger partial charge in [0.15, 0.2) is 0 Å². The molecule has 0 saturated carbocycles. The molecule has 2 aromatic carbocycles. The number of para-hydroxylation sites is 1. The van der Waals surface area contributed by atoms with Crippen molar-refractivity contribution in [2.75, 3.05) is 18.9 Å². The van der Waals surface area contributed by atoms with Gasteiger partial charge in [0.25, 0.3) is 5.91 Å². The molecule has 4 N–H and O–H groups in total. The van der Waals surface area contributed by atoms with Crippen LogP contribution in [-0.4, -0.2) is 40.2 Å². The Morgan fingerprint density at radius 1 is 1.03 bits per heavy atom. The van der Waals surface area contributed by atoms with Crippen molar-refractivity contribution in [1.29, 1.82) is 0 Å². The van der Waals surface area contributed by atoms with E-state index in [0.717, 1.165) is 41.4 Å². The zero-order valence-corrected chi connectivity index (χ0v) is 19.1. The van der Waals surface area contributed by atoms with E-state index in [1.54, 1.807) is 19.4 Å². The Kier molecular flexibility index (Phi) is 7.29. The minimum atomic E-state index is -0.234. The molecule has 0 bridgehead atoms. The molecule has 2 aromatic heterocycles. The van der Waals surface area contributed by atoms with E-state index in [-0.39, 0.29) is 11.8 Å². The van der Waals surface area contributed by atoms with Gasteiger partial charge in [-0.2, -0.15) is 5.10 Å². The van der Waals surface area contributed by atoms with Crippen LogP contribution in [0.4, 0.5) is 11.4 Å². The van der Waals surface area contributed by atoms with Gasteiger partial charge in [-0.1, -0.05) is 30.7 Å². The molecule has 4 aromatic rings. The Labute approximate surface area is 198 Å². The number of aromatic nitrogens is 3. The van der Waals surface area contributed by atoms with E-state index in [1.807, 2.05) is 54.6 Å². The minimum absolute atomic E-state index is 0.0425. The molecule has 8 heteroatoms. The van der Waals surface area contributed by atoms with E-state index in [2.05, 4.69) is 20.7 Å². The number of nitrogens with one attached hydrogen (secondary N) is 2. The second-order valence-corrected chi connectivity index (χ2v) is 7.99. The highest BCUT2D eigenvalue weighted by Gasteiger charge is 2.17. The number of benzene rings is 2. The van der Waals surface area contributed by atoms with Gasteiger partial charge >= 0.3 is 0 Å². The normalized spacial score (nSPS) is 10.9. The van der Waals surface area contributed by atoms with Gasteiger partial charge in [-0.15, -0.1) is 0 Å². The van der Waals surface area contributed by atoms with Crippen LogP contribution in [0.1, 0.15) is 40.8 Å². The lowest BCUT2D eigenvalue weighted by molar-refractivity contribution is 0.0882. The van der Waals surface area contributed by atoms with Crippen LogP contribution in [-0.2, 0) is 0 Å². The molecule has 0 aliphatic heterocycles. The minimum Gasteiger partial charge on any atom is -0.355 e. The number of carbonyl (C=O) groups excluding carboxylic acids is 2. The van der Waals surface area contributed by atoms with Crippen molar-refractivity contribution in [2.45, 2.75) is 25.7 Å². The van der Waals surface area contributed by atoms with E-state index in [0.29, 0.717) is 29.9 Å². The molecule has 174 valence electrons. The van der Waals surface area contributed by atoms with Crippen molar-refractivity contribution in [2.24, 2.45) is 5.73 Å². The summed E-state index contributed by atoms with van der Waals surface area (Å²) in [5, 5.41) is 11.3. The zero-order valence-electron chi connectivity index (χ0n) is 19.1. The van der Waals surface area contributed by atoms with Gasteiger partial charge in [-0.25, -0.2) is 4.68 Å². The molecule has 0 spiro atoms. The molecule has 0 aliphatic carbocycles. The van der Waals surface area contributed by atoms with Gasteiger partial charge in [0, 0.05) is 42.5 Å². The predicted molar refractivity (Wildman–Crippen MR) is 134 cm³/mol. The number of rotatable bonds is 9. The highest BCUT2D eigenvalue weighted by atomic mass is 16.2. The second-order valence-electron chi connectivity index (χ2n) is 7.99. The van der Waals surface area contributed by atoms with Crippen LogP contribution in [0.25, 0.3) is 22.2 Å². The van der Waals surface area contributed by atoms with Crippen molar-refractivity contribution < 1.29 is 9.59 Å². The highest BCUT2D eigenvalue weighted by Crippen LogP contribution is 2.32. The molecule has 0 atom stereocenters. The lowest BCUT2D eigenvalue weighted by atomic mass is 10.0. The van der Waals surface area contributed by atoms with Crippen molar-refractivity contribution in [3.8, 4) is 11.3 Å². The number of pyridine rings is 1. The second kappa shape index (κ2) is 10.7. The Balaban J connectivity index is 1.69. The van der Waals surface area contributed by atoms with E-state index in [4.69, 9.17) is 5.73 Å². The summed E-state index contributed by atoms with van der Waals surface area (Å²) in [6.45, 7) is 0.639. The number of nitrogens with two attached hydrogens (primary N) is 1. The van der Waals surface area contributed by atoms with E-state index in [1.165, 1.54) is 4.68 Å². The van der Waals surface area contributed by atoms with Gasteiger partial charge < -0.3 is 16.4 Å². The van der Waals surface area contributed by atoms with Crippen LogP contribution in [0.5, 0.6) is 0 Å². The summed E-state index contributed by atoms with van der Waals surface area (Å²) >= 11 is 0. The quantitative estimate of drug-likeness (QED) is 0.322. The molecule has 0 fully saturated rings. The van der Waals surface area contributed by atoms with Crippen LogP contribution in [0.15, 0.2) is 67.0 Å². The fraction of sp³-hybridized carbons (Fsp3) is 0.231. The number of amides is 1. The fourth-order valence-electron chi connectivity index (χ4n) is 3.79. The van der Waals surface area contributed by atoms with E-state index in [9.17, 15) is 9.59 Å². The van der Waals surface area contributed by atoms with Gasteiger partial charge in [0.2, 0.25) is 5.91 Å². The predicted octanol–water partition coefficient (Wildman–Crippen LogP) is 4.36. The Morgan fingerprint density at radius 2 is 1.85 bits per heavy atom. The number of unbranched alkanes of at least 4 members (excludes halogenated alkanes) is 2. The molecule has 0 radical (unpaired) electrons. The lowest BCUT2D eigenvalue weighted by Gasteiger charge is -2.14. The average Bonchev–Trinajstić information content (AvgIpc) is 3.37. The standard InChI is InChI=1S/C26H28N6O2/c1-28-26(34)21-17-29-23-12-11-18(16-20(23)25(21)30-19-8-4-2-5-9-19)22-13-15-32(31-22)24(33)10-6-3-7-14-27/h2,4-5,8-9,11-13,15-17H,3,6-7,10,14,27H2,1H3,(H,28,34)(H,29,30). The molecule has 0 aliphatic rings. The van der Waals surface area contributed by atoms with Crippen LogP contribution in [0.3, 0.4) is 0 Å². The Morgan fingerprint density at radius 3 is 2.62 bits per heavy atom. The smallest absolute Gasteiger partial charge is 0.254 e. The summed E-state index contributed by atoms with van der Waals surface area (Å²) in [6, 6.07) is 17.2. The third-order valence-corrected chi connectivity index (χ3v) is 5.62. The van der Waals surface area contributed by atoms with Crippen LogP contribution in [0.2, 0.25) is 0 Å². The molecule has 2 heterocycles. The summed E-state index contributed by atoms with van der Waals surface area (Å²) in [5.41, 5.74) is 9.72. The molecule has 8 nitrogen and oxygen atoms in total. The van der Waals surface area contributed by atoms with E-state index < -0.39 is 0 Å². The molecule has 34 heavy (non-hydrogen) atoms. The molecular formula is C26H28N6O2. The van der Waals surface area contributed by atoms with Gasteiger partial charge in [-0.3, -0.25) is 14.6 Å². The fourth-order valence-corrected chi connectivity index (χ4v) is 3.79. The number of hydrogen-bond donors (Lipinski definition) is 3. The summed E-state index contributed by atoms with van der Waals surface area (Å²) in [7, 11) is 1.59. The van der Waals surface area contributed by atoms with Crippen molar-refractivity contribution in [3.63, 3.8) is 0 Å². The zero-order chi connectivity index (χ0) is 23.9. The molecular weight excluding hydrogens is 428 g/mol. The largest absolute Gasteiger partial charge is 0.355 e. The monoisotopic (exact) mass is 456 g/mol. The molecule has 4 rings (SSSR count). The third kappa shape index (κ3) is 5.13. The molecule has 1 amide bonds. The van der Waals surface area contributed by atoms with Crippen molar-refractivity contribution >= 4 is 34.1 Å². The maximum atomic E-state index is 12.6. The number of nitrogens with zero attached hydrogens (tertiary/aromatic N) is 3. The Bertz CT molecular complexity index is 1300. The van der Waals surface area contributed by atoms with Crippen LogP contribution >= 0.6 is 0 Å². The first-order valence-corrected chi connectivity index (χ1v) is 11.4. The molecule has 0 unspecified atom stereocenters. The SMILES string of the molecule is CNC(=O)c1cnc2ccc(-c3ccn(C(=O)CCCCCN)n3)cc2c1Nc1ccccc1. The van der Waals surface area contributed by atoms with Crippen molar-refractivity contribution in [1.82, 2.24) is 20.1 Å². The summed E-state index contributed by atoms with van der Waals surface area (Å²) in [5.74, 6) is -0.276. The topological polar surface area (TPSA) is 115 Å². The van der Waals surface area contributed by atoms with Crippen molar-refractivity contribution in [3.05, 3.63) is 72.6 Å². The summed E-state index contributed by atoms with van der Waals surface area (Å²) in [4.78, 5) is 29.5. The average molecular weight is 457 g/mol. The van der Waals surface area contributed by atoms with Gasteiger partial charge in [-0.05, 0) is 49.7 Å².